The average Bonchev–Trinajstić information content (AvgIpc) is 2.17. The Bertz CT molecular complexity index is 167. The Morgan fingerprint density at radius 2 is 2.14 bits per heavy atom. The maximum absolute atomic E-state index is 11.2. The second-order valence-electron chi connectivity index (χ2n) is 3.20. The molecule has 2 atom stereocenters. The van der Waals surface area contributed by atoms with E-state index in [9.17, 15) is 4.57 Å². The minimum absolute atomic E-state index is 0.149. The van der Waals surface area contributed by atoms with Gasteiger partial charge in [-0.25, -0.2) is 4.67 Å². The monoisotopic (exact) mass is 224 g/mol. The average molecular weight is 224 g/mol. The zero-order valence-corrected chi connectivity index (χ0v) is 10.2. The molecule has 14 heavy (non-hydrogen) atoms. The number of hydrogen-bond acceptors (Lipinski definition) is 4. The van der Waals surface area contributed by atoms with Crippen LogP contribution in [0.2, 0.25) is 0 Å². The van der Waals surface area contributed by atoms with Crippen molar-refractivity contribution in [1.82, 2.24) is 4.67 Å². The highest BCUT2D eigenvalue weighted by molar-refractivity contribution is 7.36. The number of rotatable bonds is 8. The van der Waals surface area contributed by atoms with E-state index in [0.29, 0.717) is 19.8 Å². The summed E-state index contributed by atoms with van der Waals surface area (Å²) >= 11 is 0. The van der Waals surface area contributed by atoms with Gasteiger partial charge in [-0.05, 0) is 20.5 Å². The molecule has 0 fully saturated rings. The molecule has 2 N–H and O–H groups in total. The zero-order valence-electron chi connectivity index (χ0n) is 9.16. The molecular weight excluding hydrogens is 203 g/mol. The number of ether oxygens (including phenoxy) is 1. The fourth-order valence-corrected chi connectivity index (χ4v) is 1.35. The van der Waals surface area contributed by atoms with E-state index in [1.165, 1.54) is 0 Å². The molecule has 0 saturated carbocycles. The maximum atomic E-state index is 11.2. The molecule has 0 spiro atoms. The largest absolute Gasteiger partial charge is 0.374 e. The summed E-state index contributed by atoms with van der Waals surface area (Å²) < 4.78 is 23.3. The van der Waals surface area contributed by atoms with Gasteiger partial charge in [-0.2, -0.15) is 0 Å². The number of hydrogen-bond donors (Lipinski definition) is 1. The molecule has 0 heterocycles. The third-order valence-corrected chi connectivity index (χ3v) is 2.72. The van der Waals surface area contributed by atoms with Gasteiger partial charge in [-0.1, -0.05) is 6.92 Å². The van der Waals surface area contributed by atoms with Gasteiger partial charge in [-0.3, -0.25) is 4.57 Å². The highest BCUT2D eigenvalue weighted by atomic mass is 31.1. The first-order valence-electron chi connectivity index (χ1n) is 4.77. The standard InChI is InChI=1S/C8H21N2O3P/c1-4-5-12-8(6-9)7-13-14(11)10(2)3/h8,14H,4-7,9H2,1-3H3/t8-/m0/s1. The van der Waals surface area contributed by atoms with E-state index in [1.54, 1.807) is 18.8 Å². The summed E-state index contributed by atoms with van der Waals surface area (Å²) in [6.45, 7) is 3.38. The molecule has 0 aromatic rings. The fraction of sp³-hybridized carbons (Fsp3) is 1.00. The van der Waals surface area contributed by atoms with Gasteiger partial charge in [-0.15, -0.1) is 0 Å². The topological polar surface area (TPSA) is 64.8 Å². The Balaban J connectivity index is 3.66. The van der Waals surface area contributed by atoms with E-state index in [0.717, 1.165) is 6.42 Å². The van der Waals surface area contributed by atoms with E-state index in [1.807, 2.05) is 6.92 Å². The smallest absolute Gasteiger partial charge is 0.260 e. The fourth-order valence-electron chi connectivity index (χ4n) is 0.762. The molecule has 0 aliphatic heterocycles. The van der Waals surface area contributed by atoms with Crippen LogP contribution in [0.4, 0.5) is 0 Å². The van der Waals surface area contributed by atoms with Gasteiger partial charge in [0.05, 0.1) is 12.7 Å². The predicted octanol–water partition coefficient (Wildman–Crippen LogP) is 0.708. The molecule has 0 bridgehead atoms. The number of nitrogens with zero attached hydrogens (tertiary/aromatic N) is 1. The summed E-state index contributed by atoms with van der Waals surface area (Å²) in [5, 5.41) is 0. The van der Waals surface area contributed by atoms with Gasteiger partial charge in [0.15, 0.2) is 0 Å². The van der Waals surface area contributed by atoms with Crippen LogP contribution in [0, 0.1) is 0 Å². The summed E-state index contributed by atoms with van der Waals surface area (Å²) in [6, 6.07) is 0. The summed E-state index contributed by atoms with van der Waals surface area (Å²) in [5.74, 6) is 0. The summed E-state index contributed by atoms with van der Waals surface area (Å²) in [4.78, 5) is 0. The van der Waals surface area contributed by atoms with Crippen LogP contribution in [0.25, 0.3) is 0 Å². The Labute approximate surface area is 86.5 Å². The van der Waals surface area contributed by atoms with Crippen molar-refractivity contribution in [2.75, 3.05) is 33.9 Å². The van der Waals surface area contributed by atoms with Crippen molar-refractivity contribution < 1.29 is 13.8 Å². The summed E-state index contributed by atoms with van der Waals surface area (Å²) in [6.07, 6.45) is 0.795. The highest BCUT2D eigenvalue weighted by Crippen LogP contribution is 2.24. The van der Waals surface area contributed by atoms with E-state index in [4.69, 9.17) is 15.0 Å². The summed E-state index contributed by atoms with van der Waals surface area (Å²) in [5.41, 5.74) is 5.47. The van der Waals surface area contributed by atoms with Crippen molar-refractivity contribution in [3.63, 3.8) is 0 Å². The highest BCUT2D eigenvalue weighted by Gasteiger charge is 2.09. The van der Waals surface area contributed by atoms with Crippen molar-refractivity contribution in [2.24, 2.45) is 5.73 Å². The molecule has 0 saturated heterocycles. The Morgan fingerprint density at radius 1 is 1.50 bits per heavy atom. The first-order chi connectivity index (χ1) is 6.61. The molecule has 86 valence electrons. The van der Waals surface area contributed by atoms with Crippen molar-refractivity contribution in [1.29, 1.82) is 0 Å². The van der Waals surface area contributed by atoms with Crippen molar-refractivity contribution in [3.8, 4) is 0 Å². The first kappa shape index (κ1) is 14.1. The lowest BCUT2D eigenvalue weighted by Crippen LogP contribution is -2.28. The van der Waals surface area contributed by atoms with Crippen LogP contribution in [0.3, 0.4) is 0 Å². The van der Waals surface area contributed by atoms with Crippen molar-refractivity contribution in [3.05, 3.63) is 0 Å². The Hall–Kier alpha value is 0.0700. The van der Waals surface area contributed by atoms with Gasteiger partial charge < -0.3 is 15.0 Å². The molecule has 5 nitrogen and oxygen atoms in total. The number of nitrogens with two attached hydrogens (primary N) is 1. The molecule has 0 aromatic carbocycles. The Morgan fingerprint density at radius 3 is 2.57 bits per heavy atom. The maximum Gasteiger partial charge on any atom is 0.260 e. The molecule has 0 aromatic heterocycles. The van der Waals surface area contributed by atoms with Crippen molar-refractivity contribution in [2.45, 2.75) is 19.4 Å². The van der Waals surface area contributed by atoms with E-state index in [2.05, 4.69) is 0 Å². The van der Waals surface area contributed by atoms with Crippen LogP contribution in [0.15, 0.2) is 0 Å². The molecule has 0 rings (SSSR count). The van der Waals surface area contributed by atoms with Crippen LogP contribution < -0.4 is 5.73 Å². The molecule has 6 heteroatoms. The quantitative estimate of drug-likeness (QED) is 0.615. The third-order valence-electron chi connectivity index (χ3n) is 1.58. The zero-order chi connectivity index (χ0) is 11.0. The second kappa shape index (κ2) is 8.38. The lowest BCUT2D eigenvalue weighted by molar-refractivity contribution is 0.0269. The minimum Gasteiger partial charge on any atom is -0.374 e. The van der Waals surface area contributed by atoms with E-state index in [-0.39, 0.29) is 6.10 Å². The van der Waals surface area contributed by atoms with Crippen LogP contribution in [0.5, 0.6) is 0 Å². The van der Waals surface area contributed by atoms with Crippen LogP contribution >= 0.6 is 8.18 Å². The van der Waals surface area contributed by atoms with E-state index < -0.39 is 8.18 Å². The van der Waals surface area contributed by atoms with Gasteiger partial charge in [0.2, 0.25) is 0 Å². The Kier molecular flexibility index (Phi) is 8.43. The van der Waals surface area contributed by atoms with Crippen LogP contribution in [-0.2, 0) is 13.8 Å². The molecular formula is C8H21N2O3P. The van der Waals surface area contributed by atoms with Gasteiger partial charge in [0.25, 0.3) is 8.18 Å². The molecule has 0 aliphatic carbocycles. The SMILES string of the molecule is CCCO[C@@H](CN)CO[PH](=O)N(C)C. The normalized spacial score (nSPS) is 15.8. The van der Waals surface area contributed by atoms with Crippen LogP contribution in [-0.4, -0.2) is 44.6 Å². The van der Waals surface area contributed by atoms with Crippen LogP contribution in [0.1, 0.15) is 13.3 Å². The predicted molar refractivity (Wildman–Crippen MR) is 57.7 cm³/mol. The first-order valence-corrected chi connectivity index (χ1v) is 6.03. The molecule has 1 unspecified atom stereocenters. The lowest BCUT2D eigenvalue weighted by atomic mass is 10.4. The molecule has 0 aliphatic rings. The lowest BCUT2D eigenvalue weighted by Gasteiger charge is -2.17. The summed E-state index contributed by atoms with van der Waals surface area (Å²) in [7, 11) is 1.34. The molecule has 0 amide bonds. The van der Waals surface area contributed by atoms with Gasteiger partial charge in [0, 0.05) is 13.2 Å². The minimum atomic E-state index is -2.09. The van der Waals surface area contributed by atoms with Gasteiger partial charge >= 0.3 is 0 Å². The van der Waals surface area contributed by atoms with Crippen molar-refractivity contribution >= 4 is 8.18 Å². The third kappa shape index (κ3) is 6.51. The van der Waals surface area contributed by atoms with E-state index >= 15 is 0 Å². The molecule has 0 radical (unpaired) electrons. The van der Waals surface area contributed by atoms with Gasteiger partial charge in [0.1, 0.15) is 0 Å². The second-order valence-corrected chi connectivity index (χ2v) is 4.91.